The number of halogens is 1. The van der Waals surface area contributed by atoms with E-state index in [2.05, 4.69) is 12.1 Å². The van der Waals surface area contributed by atoms with Crippen molar-refractivity contribution in [3.63, 3.8) is 0 Å². The van der Waals surface area contributed by atoms with Crippen LogP contribution in [0.3, 0.4) is 0 Å². The second kappa shape index (κ2) is 3.88. The van der Waals surface area contributed by atoms with Gasteiger partial charge in [0.15, 0.2) is 0 Å². The zero-order valence-corrected chi connectivity index (χ0v) is 10.1. The Kier molecular flexibility index (Phi) is 2.33. The van der Waals surface area contributed by atoms with Gasteiger partial charge in [0.1, 0.15) is 0 Å². The molecule has 1 aliphatic rings. The fourth-order valence-corrected chi connectivity index (χ4v) is 2.70. The van der Waals surface area contributed by atoms with Crippen molar-refractivity contribution >= 4 is 11.6 Å². The highest BCUT2D eigenvalue weighted by Crippen LogP contribution is 2.47. The van der Waals surface area contributed by atoms with Crippen LogP contribution in [0, 0.1) is 22.7 Å². The molecule has 2 nitrogen and oxygen atoms in total. The SMILES string of the molecule is N#Cc1ccc2c(c1)C(Cl)c1cc(C#N)ccc1-2. The van der Waals surface area contributed by atoms with Crippen LogP contribution in [0.4, 0.5) is 0 Å². The monoisotopic (exact) mass is 250 g/mol. The van der Waals surface area contributed by atoms with E-state index in [9.17, 15) is 0 Å². The minimum Gasteiger partial charge on any atom is -0.192 e. The van der Waals surface area contributed by atoms with Crippen molar-refractivity contribution in [1.82, 2.24) is 0 Å². The van der Waals surface area contributed by atoms with Crippen LogP contribution in [-0.2, 0) is 0 Å². The highest BCUT2D eigenvalue weighted by molar-refractivity contribution is 6.24. The molecular formula is C15H7ClN2. The highest BCUT2D eigenvalue weighted by atomic mass is 35.5. The summed E-state index contributed by atoms with van der Waals surface area (Å²) >= 11 is 6.41. The van der Waals surface area contributed by atoms with E-state index in [4.69, 9.17) is 22.1 Å². The van der Waals surface area contributed by atoms with E-state index >= 15 is 0 Å². The maximum atomic E-state index is 8.92. The van der Waals surface area contributed by atoms with Gasteiger partial charge in [-0.15, -0.1) is 11.6 Å². The summed E-state index contributed by atoms with van der Waals surface area (Å²) in [5.41, 5.74) is 5.20. The summed E-state index contributed by atoms with van der Waals surface area (Å²) in [6, 6.07) is 15.3. The highest BCUT2D eigenvalue weighted by Gasteiger charge is 2.27. The molecule has 0 saturated heterocycles. The van der Waals surface area contributed by atoms with Gasteiger partial charge >= 0.3 is 0 Å². The number of rotatable bonds is 0. The van der Waals surface area contributed by atoms with E-state index in [1.165, 1.54) is 0 Å². The lowest BCUT2D eigenvalue weighted by atomic mass is 10.0. The van der Waals surface area contributed by atoms with E-state index in [1.807, 2.05) is 24.3 Å². The van der Waals surface area contributed by atoms with Crippen LogP contribution in [0.15, 0.2) is 36.4 Å². The van der Waals surface area contributed by atoms with E-state index < -0.39 is 0 Å². The Morgan fingerprint density at radius 1 is 0.833 bits per heavy atom. The molecule has 2 aromatic carbocycles. The van der Waals surface area contributed by atoms with Crippen molar-refractivity contribution in [1.29, 1.82) is 10.5 Å². The summed E-state index contributed by atoms with van der Waals surface area (Å²) in [5.74, 6) is 0. The first-order valence-electron chi connectivity index (χ1n) is 5.47. The standard InChI is InChI=1S/C15H7ClN2/c16-15-13-5-9(7-17)1-3-11(13)12-4-2-10(8-18)6-14(12)15/h1-6,15H. The summed E-state index contributed by atoms with van der Waals surface area (Å²) in [5, 5.41) is 17.6. The fraction of sp³-hybridized carbons (Fsp3) is 0.0667. The van der Waals surface area contributed by atoms with Crippen molar-refractivity contribution < 1.29 is 0 Å². The van der Waals surface area contributed by atoms with Gasteiger partial charge in [-0.25, -0.2) is 0 Å². The predicted octanol–water partition coefficient (Wildman–Crippen LogP) is 3.74. The predicted molar refractivity (Wildman–Crippen MR) is 69.0 cm³/mol. The first kappa shape index (κ1) is 10.8. The lowest BCUT2D eigenvalue weighted by molar-refractivity contribution is 1.20. The average molecular weight is 251 g/mol. The summed E-state index contributed by atoms with van der Waals surface area (Å²) < 4.78 is 0. The van der Waals surface area contributed by atoms with Gasteiger partial charge in [-0.05, 0) is 46.5 Å². The van der Waals surface area contributed by atoms with Gasteiger partial charge in [0.2, 0.25) is 0 Å². The average Bonchev–Trinajstić information content (AvgIpc) is 2.71. The molecule has 0 amide bonds. The van der Waals surface area contributed by atoms with Crippen molar-refractivity contribution in [3.05, 3.63) is 58.7 Å². The Balaban J connectivity index is 2.25. The van der Waals surface area contributed by atoms with E-state index in [-0.39, 0.29) is 5.38 Å². The molecule has 0 radical (unpaired) electrons. The molecule has 0 heterocycles. The van der Waals surface area contributed by atoms with Crippen molar-refractivity contribution in [2.45, 2.75) is 5.38 Å². The molecule has 0 spiro atoms. The summed E-state index contributed by atoms with van der Waals surface area (Å²) in [7, 11) is 0. The van der Waals surface area contributed by atoms with Gasteiger partial charge in [0.05, 0.1) is 28.6 Å². The molecule has 18 heavy (non-hydrogen) atoms. The lowest BCUT2D eigenvalue weighted by Crippen LogP contribution is -1.88. The van der Waals surface area contributed by atoms with Crippen LogP contribution < -0.4 is 0 Å². The Morgan fingerprint density at radius 2 is 1.28 bits per heavy atom. The quantitative estimate of drug-likeness (QED) is 0.669. The van der Waals surface area contributed by atoms with Crippen LogP contribution in [0.2, 0.25) is 0 Å². The van der Waals surface area contributed by atoms with Crippen molar-refractivity contribution in [2.75, 3.05) is 0 Å². The molecule has 0 N–H and O–H groups in total. The number of hydrogen-bond acceptors (Lipinski definition) is 2. The molecule has 0 unspecified atom stereocenters. The number of nitriles is 2. The van der Waals surface area contributed by atoms with E-state index in [1.54, 1.807) is 12.1 Å². The smallest absolute Gasteiger partial charge is 0.0991 e. The maximum absolute atomic E-state index is 8.92. The molecule has 1 aliphatic carbocycles. The fourth-order valence-electron chi connectivity index (χ4n) is 2.34. The molecule has 84 valence electrons. The van der Waals surface area contributed by atoms with E-state index in [0.717, 1.165) is 22.3 Å². The third-order valence-electron chi connectivity index (χ3n) is 3.20. The van der Waals surface area contributed by atoms with Crippen LogP contribution in [0.25, 0.3) is 11.1 Å². The summed E-state index contributed by atoms with van der Waals surface area (Å²) in [6.07, 6.45) is 0. The van der Waals surface area contributed by atoms with Crippen molar-refractivity contribution in [3.8, 4) is 23.3 Å². The van der Waals surface area contributed by atoms with Crippen LogP contribution in [0.1, 0.15) is 27.6 Å². The van der Waals surface area contributed by atoms with Crippen LogP contribution in [0.5, 0.6) is 0 Å². The van der Waals surface area contributed by atoms with E-state index in [0.29, 0.717) is 11.1 Å². The molecule has 0 saturated carbocycles. The molecular weight excluding hydrogens is 244 g/mol. The number of nitrogens with zero attached hydrogens (tertiary/aromatic N) is 2. The third kappa shape index (κ3) is 1.40. The summed E-state index contributed by atoms with van der Waals surface area (Å²) in [4.78, 5) is 0. The third-order valence-corrected chi connectivity index (χ3v) is 3.67. The number of alkyl halides is 1. The number of benzene rings is 2. The minimum absolute atomic E-state index is 0.281. The Hall–Kier alpha value is -2.29. The normalized spacial score (nSPS) is 12.4. The van der Waals surface area contributed by atoms with Crippen LogP contribution >= 0.6 is 11.6 Å². The Labute approximate surface area is 110 Å². The topological polar surface area (TPSA) is 47.6 Å². The number of fused-ring (bicyclic) bond motifs is 3. The van der Waals surface area contributed by atoms with Crippen LogP contribution in [-0.4, -0.2) is 0 Å². The zero-order chi connectivity index (χ0) is 12.7. The second-order valence-corrected chi connectivity index (χ2v) is 4.63. The zero-order valence-electron chi connectivity index (χ0n) is 9.31. The maximum Gasteiger partial charge on any atom is 0.0991 e. The molecule has 0 atom stereocenters. The number of hydrogen-bond donors (Lipinski definition) is 0. The van der Waals surface area contributed by atoms with Gasteiger partial charge in [0, 0.05) is 0 Å². The molecule has 3 heteroatoms. The molecule has 0 bridgehead atoms. The molecule has 0 aliphatic heterocycles. The first-order chi connectivity index (χ1) is 8.74. The summed E-state index contributed by atoms with van der Waals surface area (Å²) in [6.45, 7) is 0. The van der Waals surface area contributed by atoms with Gasteiger partial charge in [-0.1, -0.05) is 12.1 Å². The molecule has 3 rings (SSSR count). The van der Waals surface area contributed by atoms with Gasteiger partial charge < -0.3 is 0 Å². The minimum atomic E-state index is -0.281. The Bertz CT molecular complexity index is 672. The lowest BCUT2D eigenvalue weighted by Gasteiger charge is -2.03. The van der Waals surface area contributed by atoms with Gasteiger partial charge in [-0.2, -0.15) is 10.5 Å². The molecule has 0 aromatic heterocycles. The Morgan fingerprint density at radius 3 is 1.67 bits per heavy atom. The van der Waals surface area contributed by atoms with Gasteiger partial charge in [-0.3, -0.25) is 0 Å². The second-order valence-electron chi connectivity index (χ2n) is 4.19. The molecule has 2 aromatic rings. The largest absolute Gasteiger partial charge is 0.192 e. The molecule has 0 fully saturated rings. The van der Waals surface area contributed by atoms with Crippen molar-refractivity contribution in [2.24, 2.45) is 0 Å². The first-order valence-corrected chi connectivity index (χ1v) is 5.91. The van der Waals surface area contributed by atoms with Gasteiger partial charge in [0.25, 0.3) is 0 Å².